The number of carbonyl (C=O) groups is 1. The van der Waals surface area contributed by atoms with E-state index in [-0.39, 0.29) is 0 Å². The third-order valence-electron chi connectivity index (χ3n) is 2.26. The van der Waals surface area contributed by atoms with Gasteiger partial charge >= 0.3 is 0 Å². The predicted molar refractivity (Wildman–Crippen MR) is 61.0 cm³/mol. The second-order valence-electron chi connectivity index (χ2n) is 3.01. The van der Waals surface area contributed by atoms with E-state index in [1.807, 2.05) is 25.2 Å². The topological polar surface area (TPSA) is 22.0 Å². The minimum absolute atomic E-state index is 0.508. The van der Waals surface area contributed by atoms with E-state index in [4.69, 9.17) is 11.6 Å². The van der Waals surface area contributed by atoms with Gasteiger partial charge in [0.1, 0.15) is 5.69 Å². The van der Waals surface area contributed by atoms with Crippen molar-refractivity contribution in [3.05, 3.63) is 33.4 Å². The van der Waals surface area contributed by atoms with E-state index in [9.17, 15) is 4.79 Å². The molecule has 14 heavy (non-hydrogen) atoms. The third-order valence-corrected chi connectivity index (χ3v) is 3.29. The van der Waals surface area contributed by atoms with Crippen molar-refractivity contribution in [1.82, 2.24) is 4.57 Å². The maximum Gasteiger partial charge on any atom is 0.168 e. The number of hydrogen-bond acceptors (Lipinski definition) is 1. The maximum absolute atomic E-state index is 10.8. The van der Waals surface area contributed by atoms with Crippen LogP contribution in [-0.2, 0) is 7.05 Å². The van der Waals surface area contributed by atoms with Gasteiger partial charge in [-0.15, -0.1) is 0 Å². The Kier molecular flexibility index (Phi) is 2.37. The van der Waals surface area contributed by atoms with Crippen LogP contribution in [-0.4, -0.2) is 10.9 Å². The summed E-state index contributed by atoms with van der Waals surface area (Å²) >= 11 is 9.49. The van der Waals surface area contributed by atoms with Crippen LogP contribution < -0.4 is 0 Å². The minimum Gasteiger partial charge on any atom is -0.339 e. The van der Waals surface area contributed by atoms with Gasteiger partial charge in [0.2, 0.25) is 0 Å². The number of rotatable bonds is 1. The number of aryl methyl sites for hydroxylation is 1. The summed E-state index contributed by atoms with van der Waals surface area (Å²) in [6.07, 6.45) is 0.773. The molecule has 4 heteroatoms. The van der Waals surface area contributed by atoms with Gasteiger partial charge in [0, 0.05) is 16.9 Å². The van der Waals surface area contributed by atoms with Gasteiger partial charge in [-0.2, -0.15) is 0 Å². The molecule has 0 unspecified atom stereocenters. The van der Waals surface area contributed by atoms with E-state index in [1.165, 1.54) is 0 Å². The van der Waals surface area contributed by atoms with Gasteiger partial charge in [-0.3, -0.25) is 4.79 Å². The molecular formula is C10H7BrClNO. The van der Waals surface area contributed by atoms with Crippen LogP contribution in [0.4, 0.5) is 0 Å². The first-order valence-electron chi connectivity index (χ1n) is 4.04. The van der Waals surface area contributed by atoms with Gasteiger partial charge in [0.05, 0.1) is 10.5 Å². The number of aromatic nitrogens is 1. The Hall–Kier alpha value is -0.800. The number of halogens is 2. The van der Waals surface area contributed by atoms with Gasteiger partial charge in [-0.05, 0) is 22.0 Å². The fraction of sp³-hybridized carbons (Fsp3) is 0.100. The van der Waals surface area contributed by atoms with Gasteiger partial charge < -0.3 is 4.57 Å². The van der Waals surface area contributed by atoms with E-state index < -0.39 is 0 Å². The quantitative estimate of drug-likeness (QED) is 0.729. The molecule has 1 aromatic heterocycles. The summed E-state index contributed by atoms with van der Waals surface area (Å²) in [6.45, 7) is 0. The van der Waals surface area contributed by atoms with Crippen molar-refractivity contribution < 1.29 is 4.79 Å². The lowest BCUT2D eigenvalue weighted by molar-refractivity contribution is 0.111. The second-order valence-corrected chi connectivity index (χ2v) is 4.24. The molecule has 0 bridgehead atoms. The van der Waals surface area contributed by atoms with E-state index >= 15 is 0 Å². The lowest BCUT2D eigenvalue weighted by Crippen LogP contribution is -1.94. The highest BCUT2D eigenvalue weighted by Crippen LogP contribution is 2.33. The molecule has 2 aromatic rings. The molecule has 0 atom stereocenters. The standard InChI is InChI=1S/C10H7BrClNO/c1-13-8(5-14)9(12)6-3-2-4-7(11)10(6)13/h2-5H,1H3. The van der Waals surface area contributed by atoms with Gasteiger partial charge in [0.25, 0.3) is 0 Å². The van der Waals surface area contributed by atoms with Gasteiger partial charge in [-0.1, -0.05) is 23.7 Å². The number of hydrogen-bond donors (Lipinski definition) is 0. The molecular weight excluding hydrogens is 265 g/mol. The lowest BCUT2D eigenvalue weighted by atomic mass is 10.2. The maximum atomic E-state index is 10.8. The highest BCUT2D eigenvalue weighted by molar-refractivity contribution is 9.10. The van der Waals surface area contributed by atoms with Gasteiger partial charge in [-0.25, -0.2) is 0 Å². The Bertz CT molecular complexity index is 518. The SMILES string of the molecule is Cn1c(C=O)c(Cl)c2cccc(Br)c21. The minimum atomic E-state index is 0.508. The van der Waals surface area contributed by atoms with Gasteiger partial charge in [0.15, 0.2) is 6.29 Å². The fourth-order valence-electron chi connectivity index (χ4n) is 1.57. The zero-order chi connectivity index (χ0) is 10.3. The van der Waals surface area contributed by atoms with Crippen molar-refractivity contribution in [2.75, 3.05) is 0 Å². The van der Waals surface area contributed by atoms with E-state index in [0.29, 0.717) is 10.7 Å². The number of para-hydroxylation sites is 1. The third kappa shape index (κ3) is 1.20. The zero-order valence-corrected chi connectivity index (χ0v) is 9.76. The smallest absolute Gasteiger partial charge is 0.168 e. The Balaban J connectivity index is 3.01. The molecule has 0 aliphatic heterocycles. The Morgan fingerprint density at radius 2 is 2.21 bits per heavy atom. The summed E-state index contributed by atoms with van der Waals surface area (Å²) in [6, 6.07) is 5.72. The largest absolute Gasteiger partial charge is 0.339 e. The molecule has 0 radical (unpaired) electrons. The van der Waals surface area contributed by atoms with Crippen LogP contribution in [0.25, 0.3) is 10.9 Å². The second kappa shape index (κ2) is 3.41. The van der Waals surface area contributed by atoms with Crippen molar-refractivity contribution >= 4 is 44.7 Å². The number of fused-ring (bicyclic) bond motifs is 1. The molecule has 0 saturated heterocycles. The van der Waals surface area contributed by atoms with Crippen molar-refractivity contribution in [1.29, 1.82) is 0 Å². The van der Waals surface area contributed by atoms with Crippen LogP contribution in [0.1, 0.15) is 10.5 Å². The summed E-state index contributed by atoms with van der Waals surface area (Å²) in [5, 5.41) is 1.41. The Morgan fingerprint density at radius 3 is 2.79 bits per heavy atom. The van der Waals surface area contributed by atoms with Crippen LogP contribution in [0.5, 0.6) is 0 Å². The van der Waals surface area contributed by atoms with Crippen LogP contribution in [0.15, 0.2) is 22.7 Å². The molecule has 0 aliphatic carbocycles. The highest BCUT2D eigenvalue weighted by Gasteiger charge is 2.13. The molecule has 0 fully saturated rings. The monoisotopic (exact) mass is 271 g/mol. The first-order valence-corrected chi connectivity index (χ1v) is 5.21. The molecule has 0 saturated carbocycles. The lowest BCUT2D eigenvalue weighted by Gasteiger charge is -1.99. The molecule has 72 valence electrons. The molecule has 0 amide bonds. The first-order chi connectivity index (χ1) is 6.66. The summed E-state index contributed by atoms with van der Waals surface area (Å²) in [4.78, 5) is 10.8. The average molecular weight is 273 g/mol. The van der Waals surface area contributed by atoms with Crippen molar-refractivity contribution in [2.24, 2.45) is 7.05 Å². The number of nitrogens with zero attached hydrogens (tertiary/aromatic N) is 1. The van der Waals surface area contributed by atoms with Crippen molar-refractivity contribution in [3.8, 4) is 0 Å². The summed E-state index contributed by atoms with van der Waals surface area (Å²) in [5.74, 6) is 0. The molecule has 2 nitrogen and oxygen atoms in total. The molecule has 1 aromatic carbocycles. The summed E-state index contributed by atoms with van der Waals surface area (Å²) in [7, 11) is 1.82. The Labute approximate surface area is 94.6 Å². The van der Waals surface area contributed by atoms with E-state index in [1.54, 1.807) is 4.57 Å². The average Bonchev–Trinajstić information content (AvgIpc) is 2.41. The first kappa shape index (κ1) is 9.74. The van der Waals surface area contributed by atoms with Crippen LogP contribution >= 0.6 is 27.5 Å². The number of aldehydes is 1. The fourth-order valence-corrected chi connectivity index (χ4v) is 2.53. The zero-order valence-electron chi connectivity index (χ0n) is 7.42. The number of benzene rings is 1. The van der Waals surface area contributed by atoms with Crippen molar-refractivity contribution in [2.45, 2.75) is 0 Å². The molecule has 0 aliphatic rings. The summed E-state index contributed by atoms with van der Waals surface area (Å²) in [5.41, 5.74) is 1.45. The normalized spacial score (nSPS) is 10.8. The molecule has 1 heterocycles. The predicted octanol–water partition coefficient (Wildman–Crippen LogP) is 3.41. The van der Waals surface area contributed by atoms with E-state index in [0.717, 1.165) is 21.7 Å². The molecule has 2 rings (SSSR count). The molecule has 0 spiro atoms. The highest BCUT2D eigenvalue weighted by atomic mass is 79.9. The van der Waals surface area contributed by atoms with Crippen molar-refractivity contribution in [3.63, 3.8) is 0 Å². The van der Waals surface area contributed by atoms with Crippen LogP contribution in [0.3, 0.4) is 0 Å². The van der Waals surface area contributed by atoms with E-state index in [2.05, 4.69) is 15.9 Å². The molecule has 0 N–H and O–H groups in total. The Morgan fingerprint density at radius 1 is 1.50 bits per heavy atom. The number of carbonyl (C=O) groups excluding carboxylic acids is 1. The summed E-state index contributed by atoms with van der Waals surface area (Å²) < 4.78 is 2.72. The van der Waals surface area contributed by atoms with Crippen LogP contribution in [0.2, 0.25) is 5.02 Å². The van der Waals surface area contributed by atoms with Crippen LogP contribution in [0, 0.1) is 0 Å².